The van der Waals surface area contributed by atoms with Crippen molar-refractivity contribution in [2.75, 3.05) is 5.73 Å². The smallest absolute Gasteiger partial charge is 0.149 e. The van der Waals surface area contributed by atoms with Gasteiger partial charge in [-0.2, -0.15) is 0 Å². The first-order chi connectivity index (χ1) is 7.25. The normalized spacial score (nSPS) is 9.93. The van der Waals surface area contributed by atoms with E-state index >= 15 is 0 Å². The number of anilines is 1. The third-order valence-electron chi connectivity index (χ3n) is 1.84. The number of hydrogen-bond acceptors (Lipinski definition) is 3. The van der Waals surface area contributed by atoms with Crippen LogP contribution in [0.15, 0.2) is 42.7 Å². The van der Waals surface area contributed by atoms with Crippen molar-refractivity contribution < 1.29 is 4.74 Å². The van der Waals surface area contributed by atoms with E-state index in [-0.39, 0.29) is 0 Å². The van der Waals surface area contributed by atoms with Gasteiger partial charge in [0.05, 0.1) is 0 Å². The van der Waals surface area contributed by atoms with Gasteiger partial charge in [-0.3, -0.25) is 4.98 Å². The highest BCUT2D eigenvalue weighted by Crippen LogP contribution is 2.28. The van der Waals surface area contributed by atoms with Crippen molar-refractivity contribution in [3.63, 3.8) is 0 Å². The van der Waals surface area contributed by atoms with Crippen LogP contribution in [-0.2, 0) is 0 Å². The van der Waals surface area contributed by atoms with E-state index < -0.39 is 0 Å². The standard InChI is InChI=1S/C11H9ClN2O/c12-10-7-14-6-5-11(10)15-9-3-1-8(13)2-4-9/h1-7H,13H2. The number of rotatable bonds is 2. The van der Waals surface area contributed by atoms with Gasteiger partial charge in [0.2, 0.25) is 0 Å². The lowest BCUT2D eigenvalue weighted by Crippen LogP contribution is -1.87. The molecule has 1 heterocycles. The Hall–Kier alpha value is -1.74. The first kappa shape index (κ1) is 9.80. The van der Waals surface area contributed by atoms with E-state index in [1.165, 1.54) is 6.20 Å². The van der Waals surface area contributed by atoms with Gasteiger partial charge in [0.25, 0.3) is 0 Å². The predicted molar refractivity (Wildman–Crippen MR) is 60.2 cm³/mol. The maximum absolute atomic E-state index is 5.89. The quantitative estimate of drug-likeness (QED) is 0.792. The highest BCUT2D eigenvalue weighted by molar-refractivity contribution is 6.31. The molecule has 0 spiro atoms. The second-order valence-corrected chi connectivity index (χ2v) is 3.38. The van der Waals surface area contributed by atoms with Crippen molar-refractivity contribution in [3.8, 4) is 11.5 Å². The summed E-state index contributed by atoms with van der Waals surface area (Å²) in [6.45, 7) is 0. The molecule has 1 aromatic heterocycles. The molecule has 0 saturated heterocycles. The fourth-order valence-corrected chi connectivity index (χ4v) is 1.27. The fourth-order valence-electron chi connectivity index (χ4n) is 1.11. The summed E-state index contributed by atoms with van der Waals surface area (Å²) < 4.78 is 5.54. The molecule has 3 nitrogen and oxygen atoms in total. The summed E-state index contributed by atoms with van der Waals surface area (Å²) in [5.74, 6) is 1.27. The van der Waals surface area contributed by atoms with Gasteiger partial charge in [-0.15, -0.1) is 0 Å². The second-order valence-electron chi connectivity index (χ2n) is 2.98. The van der Waals surface area contributed by atoms with Crippen molar-refractivity contribution >= 4 is 17.3 Å². The first-order valence-corrected chi connectivity index (χ1v) is 4.76. The maximum atomic E-state index is 5.89. The molecule has 0 saturated carbocycles. The van der Waals surface area contributed by atoms with Crippen LogP contribution in [0.1, 0.15) is 0 Å². The van der Waals surface area contributed by atoms with Gasteiger partial charge in [0.15, 0.2) is 0 Å². The Bertz CT molecular complexity index is 456. The molecule has 4 heteroatoms. The van der Waals surface area contributed by atoms with Crippen molar-refractivity contribution in [2.45, 2.75) is 0 Å². The summed E-state index contributed by atoms with van der Waals surface area (Å²) in [5, 5.41) is 0.481. The minimum Gasteiger partial charge on any atom is -0.456 e. The Morgan fingerprint density at radius 3 is 2.53 bits per heavy atom. The third kappa shape index (κ3) is 2.39. The third-order valence-corrected chi connectivity index (χ3v) is 2.13. The monoisotopic (exact) mass is 220 g/mol. The largest absolute Gasteiger partial charge is 0.456 e. The molecule has 0 bridgehead atoms. The maximum Gasteiger partial charge on any atom is 0.149 e. The van der Waals surface area contributed by atoms with Crippen LogP contribution in [0.2, 0.25) is 5.02 Å². The summed E-state index contributed by atoms with van der Waals surface area (Å²) in [6, 6.07) is 8.81. The van der Waals surface area contributed by atoms with Gasteiger partial charge in [-0.1, -0.05) is 11.6 Å². The van der Waals surface area contributed by atoms with Crippen LogP contribution in [0.3, 0.4) is 0 Å². The number of benzene rings is 1. The van der Waals surface area contributed by atoms with Crippen molar-refractivity contribution in [1.82, 2.24) is 4.98 Å². The van der Waals surface area contributed by atoms with Crippen molar-refractivity contribution in [3.05, 3.63) is 47.7 Å². The Labute approximate surface area is 92.5 Å². The van der Waals surface area contributed by atoms with Gasteiger partial charge in [0, 0.05) is 24.1 Å². The zero-order valence-electron chi connectivity index (χ0n) is 7.85. The van der Waals surface area contributed by atoms with Crippen LogP contribution in [0.4, 0.5) is 5.69 Å². The molecule has 2 rings (SSSR count). The molecule has 1 aromatic carbocycles. The summed E-state index contributed by atoms with van der Waals surface area (Å²) in [5.41, 5.74) is 6.26. The summed E-state index contributed by atoms with van der Waals surface area (Å²) in [4.78, 5) is 3.87. The van der Waals surface area contributed by atoms with Crippen LogP contribution >= 0.6 is 11.6 Å². The molecule has 0 aliphatic heterocycles. The van der Waals surface area contributed by atoms with E-state index in [2.05, 4.69) is 4.98 Å². The van der Waals surface area contributed by atoms with E-state index in [1.807, 2.05) is 0 Å². The lowest BCUT2D eigenvalue weighted by Gasteiger charge is -2.06. The Morgan fingerprint density at radius 2 is 1.87 bits per heavy atom. The average molecular weight is 221 g/mol. The number of nitrogen functional groups attached to an aromatic ring is 1. The molecule has 76 valence electrons. The Morgan fingerprint density at radius 1 is 1.13 bits per heavy atom. The zero-order chi connectivity index (χ0) is 10.7. The van der Waals surface area contributed by atoms with E-state index in [4.69, 9.17) is 22.1 Å². The summed E-state index contributed by atoms with van der Waals surface area (Å²) in [6.07, 6.45) is 3.16. The molecule has 0 aliphatic carbocycles. The van der Waals surface area contributed by atoms with Gasteiger partial charge in [0.1, 0.15) is 16.5 Å². The van der Waals surface area contributed by atoms with Gasteiger partial charge in [-0.05, 0) is 24.3 Å². The lowest BCUT2D eigenvalue weighted by molar-refractivity contribution is 0.482. The number of nitrogens with zero attached hydrogens (tertiary/aromatic N) is 1. The molecule has 0 radical (unpaired) electrons. The van der Waals surface area contributed by atoms with Gasteiger partial charge < -0.3 is 10.5 Å². The summed E-state index contributed by atoms with van der Waals surface area (Å²) in [7, 11) is 0. The average Bonchev–Trinajstić information content (AvgIpc) is 2.25. The van der Waals surface area contributed by atoms with Crippen LogP contribution in [0, 0.1) is 0 Å². The number of aromatic nitrogens is 1. The van der Waals surface area contributed by atoms with E-state index in [9.17, 15) is 0 Å². The molecule has 0 aliphatic rings. The molecule has 2 N–H and O–H groups in total. The van der Waals surface area contributed by atoms with Crippen LogP contribution in [0.25, 0.3) is 0 Å². The van der Waals surface area contributed by atoms with Crippen LogP contribution < -0.4 is 10.5 Å². The Balaban J connectivity index is 2.22. The molecular weight excluding hydrogens is 212 g/mol. The number of halogens is 1. The van der Waals surface area contributed by atoms with Crippen LogP contribution in [-0.4, -0.2) is 4.98 Å². The highest BCUT2D eigenvalue weighted by Gasteiger charge is 2.01. The number of pyridine rings is 1. The zero-order valence-corrected chi connectivity index (χ0v) is 8.61. The lowest BCUT2D eigenvalue weighted by atomic mass is 10.3. The topological polar surface area (TPSA) is 48.1 Å². The predicted octanol–water partition coefficient (Wildman–Crippen LogP) is 3.11. The van der Waals surface area contributed by atoms with E-state index in [0.717, 1.165) is 0 Å². The molecule has 0 unspecified atom stereocenters. The molecule has 0 amide bonds. The molecule has 0 atom stereocenters. The molecule has 2 aromatic rings. The molecule has 15 heavy (non-hydrogen) atoms. The number of ether oxygens (including phenoxy) is 1. The molecule has 0 fully saturated rings. The van der Waals surface area contributed by atoms with Crippen molar-refractivity contribution in [1.29, 1.82) is 0 Å². The first-order valence-electron chi connectivity index (χ1n) is 4.38. The molecular formula is C11H9ClN2O. The Kier molecular flexibility index (Phi) is 2.74. The van der Waals surface area contributed by atoms with Crippen LogP contribution in [0.5, 0.6) is 11.5 Å². The second kappa shape index (κ2) is 4.19. The minimum absolute atomic E-state index is 0.481. The number of nitrogens with two attached hydrogens (primary N) is 1. The van der Waals surface area contributed by atoms with E-state index in [0.29, 0.717) is 22.2 Å². The van der Waals surface area contributed by atoms with Crippen molar-refractivity contribution in [2.24, 2.45) is 0 Å². The SMILES string of the molecule is Nc1ccc(Oc2ccncc2Cl)cc1. The van der Waals surface area contributed by atoms with E-state index in [1.54, 1.807) is 36.5 Å². The number of hydrogen-bond donors (Lipinski definition) is 1. The van der Waals surface area contributed by atoms with Gasteiger partial charge >= 0.3 is 0 Å². The highest BCUT2D eigenvalue weighted by atomic mass is 35.5. The summed E-state index contributed by atoms with van der Waals surface area (Å²) >= 11 is 5.89. The minimum atomic E-state index is 0.481. The van der Waals surface area contributed by atoms with Gasteiger partial charge in [-0.25, -0.2) is 0 Å². The fraction of sp³-hybridized carbons (Fsp3) is 0.